The number of likely N-dealkylation sites (tertiary alicyclic amines) is 1. The summed E-state index contributed by atoms with van der Waals surface area (Å²) >= 11 is 0. The van der Waals surface area contributed by atoms with Gasteiger partial charge in [0.05, 0.1) is 11.7 Å². The molecule has 28 heavy (non-hydrogen) atoms. The highest BCUT2D eigenvalue weighted by Gasteiger charge is 2.20. The quantitative estimate of drug-likeness (QED) is 0.708. The maximum Gasteiger partial charge on any atom is 0.0650 e. The highest BCUT2D eigenvalue weighted by Crippen LogP contribution is 2.25. The standard InChI is InChI=1S/C24H30N4/c1-2-13-28(12-1)23-8-5-19(6-9-23)17-27-11-3-4-21(18-27)14-20-7-10-24-22(15-20)16-25-26-24/h5-10,15-16,21H,1-4,11-14,17-18H2,(H,25,26)/t21-/m0/s1. The zero-order chi connectivity index (χ0) is 18.8. The Morgan fingerprint density at radius 1 is 0.929 bits per heavy atom. The molecule has 0 amide bonds. The summed E-state index contributed by atoms with van der Waals surface area (Å²) in [6.07, 6.45) is 8.43. The first-order chi connectivity index (χ1) is 13.8. The van der Waals surface area contributed by atoms with E-state index in [-0.39, 0.29) is 0 Å². The molecule has 0 radical (unpaired) electrons. The summed E-state index contributed by atoms with van der Waals surface area (Å²) in [5.74, 6) is 0.752. The van der Waals surface area contributed by atoms with Gasteiger partial charge in [0, 0.05) is 37.3 Å². The van der Waals surface area contributed by atoms with Gasteiger partial charge < -0.3 is 4.90 Å². The third-order valence-corrected chi connectivity index (χ3v) is 6.45. The molecule has 0 spiro atoms. The number of piperidine rings is 1. The average molecular weight is 375 g/mol. The van der Waals surface area contributed by atoms with Gasteiger partial charge in [0.2, 0.25) is 0 Å². The number of nitrogens with zero attached hydrogens (tertiary/aromatic N) is 3. The van der Waals surface area contributed by atoms with Crippen molar-refractivity contribution in [1.82, 2.24) is 15.1 Å². The fourth-order valence-electron chi connectivity index (χ4n) is 4.96. The topological polar surface area (TPSA) is 35.2 Å². The van der Waals surface area contributed by atoms with Gasteiger partial charge in [0.15, 0.2) is 0 Å². The van der Waals surface area contributed by atoms with Crippen molar-refractivity contribution in [3.05, 3.63) is 59.8 Å². The average Bonchev–Trinajstić information content (AvgIpc) is 3.41. The third kappa shape index (κ3) is 3.93. The fraction of sp³-hybridized carbons (Fsp3) is 0.458. The summed E-state index contributed by atoms with van der Waals surface area (Å²) < 4.78 is 0. The molecule has 146 valence electrons. The van der Waals surface area contributed by atoms with Gasteiger partial charge in [-0.2, -0.15) is 5.10 Å². The Balaban J connectivity index is 1.19. The summed E-state index contributed by atoms with van der Waals surface area (Å²) in [5, 5.41) is 8.41. The van der Waals surface area contributed by atoms with Crippen LogP contribution in [0.25, 0.3) is 10.9 Å². The Bertz CT molecular complexity index is 908. The van der Waals surface area contributed by atoms with E-state index in [2.05, 4.69) is 62.5 Å². The number of aromatic nitrogens is 2. The monoisotopic (exact) mass is 374 g/mol. The highest BCUT2D eigenvalue weighted by atomic mass is 15.1. The number of anilines is 1. The molecular weight excluding hydrogens is 344 g/mol. The van der Waals surface area contributed by atoms with Crippen molar-refractivity contribution in [2.45, 2.75) is 38.6 Å². The maximum absolute atomic E-state index is 4.14. The number of benzene rings is 2. The molecule has 1 N–H and O–H groups in total. The molecule has 0 saturated carbocycles. The minimum Gasteiger partial charge on any atom is -0.372 e. The second-order valence-corrected chi connectivity index (χ2v) is 8.60. The smallest absolute Gasteiger partial charge is 0.0650 e. The summed E-state index contributed by atoms with van der Waals surface area (Å²) in [4.78, 5) is 5.16. The van der Waals surface area contributed by atoms with E-state index in [1.807, 2.05) is 6.20 Å². The lowest BCUT2D eigenvalue weighted by Crippen LogP contribution is -2.35. The van der Waals surface area contributed by atoms with Crippen molar-refractivity contribution >= 4 is 16.6 Å². The Morgan fingerprint density at radius 3 is 2.61 bits per heavy atom. The summed E-state index contributed by atoms with van der Waals surface area (Å²) in [6, 6.07) is 16.0. The molecule has 2 aromatic carbocycles. The van der Waals surface area contributed by atoms with Crippen molar-refractivity contribution in [3.63, 3.8) is 0 Å². The Hall–Kier alpha value is -2.33. The summed E-state index contributed by atoms with van der Waals surface area (Å²) in [5.41, 5.74) is 5.41. The van der Waals surface area contributed by atoms with Crippen molar-refractivity contribution < 1.29 is 0 Å². The predicted octanol–water partition coefficient (Wildman–Crippen LogP) is 4.62. The minimum atomic E-state index is 0.752. The molecule has 3 aromatic rings. The lowest BCUT2D eigenvalue weighted by atomic mass is 9.90. The van der Waals surface area contributed by atoms with Crippen molar-refractivity contribution in [2.75, 3.05) is 31.1 Å². The molecule has 0 unspecified atom stereocenters. The lowest BCUT2D eigenvalue weighted by Gasteiger charge is -2.33. The number of nitrogens with one attached hydrogen (secondary N) is 1. The van der Waals surface area contributed by atoms with Gasteiger partial charge in [-0.25, -0.2) is 0 Å². The van der Waals surface area contributed by atoms with Gasteiger partial charge in [0.25, 0.3) is 0 Å². The van der Waals surface area contributed by atoms with Crippen LogP contribution in [0.4, 0.5) is 5.69 Å². The molecule has 2 aliphatic rings. The number of fused-ring (bicyclic) bond motifs is 1. The molecule has 2 aliphatic heterocycles. The zero-order valence-corrected chi connectivity index (χ0v) is 16.6. The lowest BCUT2D eigenvalue weighted by molar-refractivity contribution is 0.167. The molecule has 4 nitrogen and oxygen atoms in total. The van der Waals surface area contributed by atoms with Crippen LogP contribution in [0.3, 0.4) is 0 Å². The van der Waals surface area contributed by atoms with Gasteiger partial charge in [-0.15, -0.1) is 0 Å². The predicted molar refractivity (Wildman–Crippen MR) is 116 cm³/mol. The van der Waals surface area contributed by atoms with Crippen LogP contribution in [0.5, 0.6) is 0 Å². The van der Waals surface area contributed by atoms with Gasteiger partial charge in [-0.1, -0.05) is 18.2 Å². The van der Waals surface area contributed by atoms with Crippen molar-refractivity contribution in [3.8, 4) is 0 Å². The first-order valence-electron chi connectivity index (χ1n) is 10.8. The second kappa shape index (κ2) is 7.96. The number of hydrogen-bond donors (Lipinski definition) is 1. The molecule has 2 fully saturated rings. The van der Waals surface area contributed by atoms with E-state index in [4.69, 9.17) is 0 Å². The maximum atomic E-state index is 4.14. The second-order valence-electron chi connectivity index (χ2n) is 8.60. The Morgan fingerprint density at radius 2 is 1.75 bits per heavy atom. The third-order valence-electron chi connectivity index (χ3n) is 6.45. The highest BCUT2D eigenvalue weighted by molar-refractivity contribution is 5.78. The van der Waals surface area contributed by atoms with Gasteiger partial charge in [-0.05, 0) is 80.0 Å². The molecule has 4 heteroatoms. The van der Waals surface area contributed by atoms with E-state index in [9.17, 15) is 0 Å². The largest absolute Gasteiger partial charge is 0.372 e. The van der Waals surface area contributed by atoms with Crippen LogP contribution < -0.4 is 4.90 Å². The fourth-order valence-corrected chi connectivity index (χ4v) is 4.96. The van der Waals surface area contributed by atoms with Crippen LogP contribution in [0.15, 0.2) is 48.7 Å². The molecule has 0 bridgehead atoms. The number of aromatic amines is 1. The van der Waals surface area contributed by atoms with E-state index in [0.29, 0.717) is 0 Å². The van der Waals surface area contributed by atoms with E-state index < -0.39 is 0 Å². The van der Waals surface area contributed by atoms with E-state index in [1.54, 1.807) is 0 Å². The number of rotatable bonds is 5. The van der Waals surface area contributed by atoms with Crippen LogP contribution in [0.1, 0.15) is 36.8 Å². The number of hydrogen-bond acceptors (Lipinski definition) is 3. The molecule has 0 aliphatic carbocycles. The summed E-state index contributed by atoms with van der Waals surface area (Å²) in [6.45, 7) is 5.95. The van der Waals surface area contributed by atoms with Gasteiger partial charge in [-0.3, -0.25) is 10.00 Å². The first-order valence-corrected chi connectivity index (χ1v) is 10.8. The first kappa shape index (κ1) is 17.7. The molecule has 1 atom stereocenters. The summed E-state index contributed by atoms with van der Waals surface area (Å²) in [7, 11) is 0. The van der Waals surface area contributed by atoms with E-state index in [1.165, 1.54) is 80.5 Å². The minimum absolute atomic E-state index is 0.752. The molecule has 5 rings (SSSR count). The van der Waals surface area contributed by atoms with Crippen LogP contribution in [0, 0.1) is 5.92 Å². The van der Waals surface area contributed by atoms with E-state index in [0.717, 1.165) is 18.0 Å². The van der Waals surface area contributed by atoms with Crippen molar-refractivity contribution in [2.24, 2.45) is 5.92 Å². The zero-order valence-electron chi connectivity index (χ0n) is 16.6. The van der Waals surface area contributed by atoms with Gasteiger partial charge in [0.1, 0.15) is 0 Å². The van der Waals surface area contributed by atoms with E-state index >= 15 is 0 Å². The van der Waals surface area contributed by atoms with Crippen LogP contribution in [0.2, 0.25) is 0 Å². The molecule has 2 saturated heterocycles. The Labute approximate surface area is 167 Å². The molecule has 1 aromatic heterocycles. The van der Waals surface area contributed by atoms with Crippen LogP contribution in [-0.2, 0) is 13.0 Å². The SMILES string of the molecule is c1cc2[nH]ncc2cc1C[C@@H]1CCCN(Cc2ccc(N3CCCC3)cc2)C1. The van der Waals surface area contributed by atoms with Crippen LogP contribution in [-0.4, -0.2) is 41.3 Å². The van der Waals surface area contributed by atoms with Gasteiger partial charge >= 0.3 is 0 Å². The Kier molecular flexibility index (Phi) is 5.05. The van der Waals surface area contributed by atoms with Crippen molar-refractivity contribution in [1.29, 1.82) is 0 Å². The molecule has 3 heterocycles. The normalized spacial score (nSPS) is 20.9. The van der Waals surface area contributed by atoms with Crippen LogP contribution >= 0.6 is 0 Å². The molecular formula is C24H30N4. The number of H-pyrrole nitrogens is 1.